The van der Waals surface area contributed by atoms with E-state index in [1.165, 1.54) is 11.3 Å². The van der Waals surface area contributed by atoms with Gasteiger partial charge in [0.2, 0.25) is 5.95 Å². The summed E-state index contributed by atoms with van der Waals surface area (Å²) in [6.45, 7) is 0.461. The first kappa shape index (κ1) is 10.7. The van der Waals surface area contributed by atoms with E-state index in [0.29, 0.717) is 6.54 Å². The largest absolute Gasteiger partial charge is 0.363 e. The Bertz CT molecular complexity index is 460. The van der Waals surface area contributed by atoms with E-state index in [2.05, 4.69) is 25.7 Å². The third kappa shape index (κ3) is 2.41. The van der Waals surface area contributed by atoms with Gasteiger partial charge in [0.15, 0.2) is 11.6 Å². The molecule has 0 aromatic carbocycles. The Balaban J connectivity index is 2.08. The molecule has 0 bridgehead atoms. The van der Waals surface area contributed by atoms with Crippen molar-refractivity contribution < 1.29 is 4.39 Å². The molecule has 0 radical (unpaired) electrons. The second-order valence-electron chi connectivity index (χ2n) is 2.86. The highest BCUT2D eigenvalue weighted by Crippen LogP contribution is 2.13. The summed E-state index contributed by atoms with van der Waals surface area (Å²) in [6, 6.07) is 0. The van der Waals surface area contributed by atoms with E-state index >= 15 is 0 Å². The molecule has 2 heterocycles. The number of nitrogens with one attached hydrogen (secondary N) is 2. The van der Waals surface area contributed by atoms with Gasteiger partial charge in [-0.1, -0.05) is 0 Å². The van der Waals surface area contributed by atoms with E-state index < -0.39 is 5.82 Å². The van der Waals surface area contributed by atoms with Crippen molar-refractivity contribution in [3.05, 3.63) is 28.6 Å². The lowest BCUT2D eigenvalue weighted by Crippen LogP contribution is -2.12. The van der Waals surface area contributed by atoms with Gasteiger partial charge < -0.3 is 5.32 Å². The molecule has 0 amide bonds. The Hall–Kier alpha value is -1.80. The molecule has 16 heavy (non-hydrogen) atoms. The van der Waals surface area contributed by atoms with Gasteiger partial charge in [-0.05, 0) is 0 Å². The zero-order valence-electron chi connectivity index (χ0n) is 8.14. The van der Waals surface area contributed by atoms with E-state index in [9.17, 15) is 4.39 Å². The molecule has 2 aromatic rings. The maximum atomic E-state index is 13.3. The van der Waals surface area contributed by atoms with E-state index in [0.717, 1.165) is 11.1 Å². The van der Waals surface area contributed by atoms with Gasteiger partial charge in [-0.25, -0.2) is 15.2 Å². The fourth-order valence-electron chi connectivity index (χ4n) is 1.06. The fraction of sp³-hybridized carbons (Fsp3) is 0.125. The molecule has 0 atom stereocenters. The van der Waals surface area contributed by atoms with Crippen molar-refractivity contribution in [3.8, 4) is 0 Å². The van der Waals surface area contributed by atoms with Crippen LogP contribution in [0, 0.1) is 5.82 Å². The molecule has 6 nitrogen and oxygen atoms in total. The number of hydrogen-bond acceptors (Lipinski definition) is 7. The summed E-state index contributed by atoms with van der Waals surface area (Å²) in [5.74, 6) is 4.87. The van der Waals surface area contributed by atoms with Crippen LogP contribution in [-0.4, -0.2) is 15.0 Å². The summed E-state index contributed by atoms with van der Waals surface area (Å²) in [7, 11) is 0. The highest BCUT2D eigenvalue weighted by atomic mass is 32.1. The first-order chi connectivity index (χ1) is 7.79. The molecule has 2 aromatic heterocycles. The van der Waals surface area contributed by atoms with Gasteiger partial charge in [-0.2, -0.15) is 4.98 Å². The van der Waals surface area contributed by atoms with Crippen LogP contribution in [0.3, 0.4) is 0 Å². The van der Waals surface area contributed by atoms with Crippen LogP contribution in [0.5, 0.6) is 0 Å². The lowest BCUT2D eigenvalue weighted by Gasteiger charge is -2.06. The number of hydrogen-bond donors (Lipinski definition) is 3. The highest BCUT2D eigenvalue weighted by molar-refractivity contribution is 7.09. The molecule has 84 valence electrons. The van der Waals surface area contributed by atoms with Crippen LogP contribution in [0.1, 0.15) is 4.88 Å². The molecule has 0 aliphatic heterocycles. The van der Waals surface area contributed by atoms with Gasteiger partial charge in [0.05, 0.1) is 18.3 Å². The van der Waals surface area contributed by atoms with Crippen LogP contribution >= 0.6 is 11.3 Å². The minimum Gasteiger partial charge on any atom is -0.363 e. The van der Waals surface area contributed by atoms with Crippen molar-refractivity contribution in [3.63, 3.8) is 0 Å². The zero-order chi connectivity index (χ0) is 11.4. The zero-order valence-corrected chi connectivity index (χ0v) is 8.96. The predicted octanol–water partition coefficient (Wildman–Crippen LogP) is 0.970. The fourth-order valence-corrected chi connectivity index (χ4v) is 1.60. The Morgan fingerprint density at radius 1 is 1.44 bits per heavy atom. The molecule has 0 aliphatic rings. The molecule has 0 spiro atoms. The standard InChI is InChI=1S/C8H9FN6S/c9-6-3-13-8(15-10)14-7(6)12-2-5-1-11-4-16-5/h1,3-4H,2,10H2,(H2,12,13,14,15). The van der Waals surface area contributed by atoms with Crippen LogP contribution in [0.25, 0.3) is 0 Å². The van der Waals surface area contributed by atoms with Gasteiger partial charge in [0.1, 0.15) is 0 Å². The minimum absolute atomic E-state index is 0.108. The molecular weight excluding hydrogens is 231 g/mol. The number of hydrazine groups is 1. The summed E-state index contributed by atoms with van der Waals surface area (Å²) >= 11 is 1.48. The van der Waals surface area contributed by atoms with Crippen molar-refractivity contribution in [2.45, 2.75) is 6.54 Å². The molecule has 0 saturated heterocycles. The average Bonchev–Trinajstić information content (AvgIpc) is 2.81. The number of nitrogen functional groups attached to an aromatic ring is 1. The molecular formula is C8H9FN6S. The van der Waals surface area contributed by atoms with Gasteiger partial charge in [0.25, 0.3) is 0 Å². The number of aromatic nitrogens is 3. The van der Waals surface area contributed by atoms with Gasteiger partial charge in [0, 0.05) is 11.1 Å². The molecule has 0 aliphatic carbocycles. The lowest BCUT2D eigenvalue weighted by molar-refractivity contribution is 0.617. The summed E-state index contributed by atoms with van der Waals surface area (Å²) in [4.78, 5) is 12.4. The number of nitrogens with zero attached hydrogens (tertiary/aromatic N) is 3. The van der Waals surface area contributed by atoms with E-state index in [-0.39, 0.29) is 11.8 Å². The maximum absolute atomic E-state index is 13.3. The normalized spacial score (nSPS) is 10.1. The topological polar surface area (TPSA) is 88.8 Å². The number of anilines is 2. The van der Waals surface area contributed by atoms with Crippen LogP contribution in [-0.2, 0) is 6.54 Å². The summed E-state index contributed by atoms with van der Waals surface area (Å²) in [5, 5.41) is 2.84. The molecule has 2 rings (SSSR count). The Morgan fingerprint density at radius 2 is 2.31 bits per heavy atom. The number of thiazole rings is 1. The number of halogens is 1. The van der Waals surface area contributed by atoms with Gasteiger partial charge in [-0.3, -0.25) is 10.4 Å². The van der Waals surface area contributed by atoms with Gasteiger partial charge in [-0.15, -0.1) is 11.3 Å². The maximum Gasteiger partial charge on any atom is 0.239 e. The molecule has 0 fully saturated rings. The summed E-state index contributed by atoms with van der Waals surface area (Å²) in [5.41, 5.74) is 3.96. The Morgan fingerprint density at radius 3 is 3.00 bits per heavy atom. The number of nitrogens with two attached hydrogens (primary N) is 1. The van der Waals surface area contributed by atoms with Crippen molar-refractivity contribution in [2.24, 2.45) is 5.84 Å². The van der Waals surface area contributed by atoms with Crippen molar-refractivity contribution >= 4 is 23.1 Å². The lowest BCUT2D eigenvalue weighted by atomic mass is 10.5. The first-order valence-electron chi connectivity index (χ1n) is 4.40. The smallest absolute Gasteiger partial charge is 0.239 e. The van der Waals surface area contributed by atoms with Crippen LogP contribution in [0.2, 0.25) is 0 Å². The van der Waals surface area contributed by atoms with Crippen LogP contribution in [0.15, 0.2) is 17.9 Å². The minimum atomic E-state index is -0.525. The van der Waals surface area contributed by atoms with E-state index in [1.54, 1.807) is 11.7 Å². The monoisotopic (exact) mass is 240 g/mol. The molecule has 4 N–H and O–H groups in total. The van der Waals surface area contributed by atoms with Crippen LogP contribution < -0.4 is 16.6 Å². The second kappa shape index (κ2) is 4.81. The molecule has 8 heteroatoms. The van der Waals surface area contributed by atoms with E-state index in [1.807, 2.05) is 0 Å². The Labute approximate surface area is 94.7 Å². The second-order valence-corrected chi connectivity index (χ2v) is 3.83. The highest BCUT2D eigenvalue weighted by Gasteiger charge is 2.06. The van der Waals surface area contributed by atoms with E-state index in [4.69, 9.17) is 5.84 Å². The Kier molecular flexibility index (Phi) is 3.22. The van der Waals surface area contributed by atoms with Crippen LogP contribution in [0.4, 0.5) is 16.2 Å². The quantitative estimate of drug-likeness (QED) is 0.545. The SMILES string of the molecule is NNc1ncc(F)c(NCc2cncs2)n1. The third-order valence-electron chi connectivity index (χ3n) is 1.79. The van der Waals surface area contributed by atoms with Crippen molar-refractivity contribution in [1.82, 2.24) is 15.0 Å². The van der Waals surface area contributed by atoms with Crippen molar-refractivity contribution in [2.75, 3.05) is 10.7 Å². The molecule has 0 unspecified atom stereocenters. The summed E-state index contributed by atoms with van der Waals surface area (Å²) in [6.07, 6.45) is 2.76. The van der Waals surface area contributed by atoms with Gasteiger partial charge >= 0.3 is 0 Å². The number of rotatable bonds is 4. The summed E-state index contributed by atoms with van der Waals surface area (Å²) < 4.78 is 13.3. The first-order valence-corrected chi connectivity index (χ1v) is 5.28. The average molecular weight is 240 g/mol. The molecule has 0 saturated carbocycles. The van der Waals surface area contributed by atoms with Crippen molar-refractivity contribution in [1.29, 1.82) is 0 Å². The third-order valence-corrected chi connectivity index (χ3v) is 2.57. The predicted molar refractivity (Wildman–Crippen MR) is 59.2 cm³/mol.